The molecule has 20 heavy (non-hydrogen) atoms. The molecule has 5 nitrogen and oxygen atoms in total. The quantitative estimate of drug-likeness (QED) is 0.691. The maximum Gasteiger partial charge on any atom is 0.346 e. The number of thiophene rings is 1. The van der Waals surface area contributed by atoms with Crippen LogP contribution in [0.5, 0.6) is 0 Å². The minimum absolute atomic E-state index is 0.353. The summed E-state index contributed by atoms with van der Waals surface area (Å²) in [6, 6.07) is 0. The van der Waals surface area contributed by atoms with Crippen LogP contribution in [0.15, 0.2) is 11.4 Å². The number of thioether (sulfide) groups is 1. The van der Waals surface area contributed by atoms with Crippen molar-refractivity contribution < 1.29 is 14.6 Å². The molecule has 3 rings (SSSR count). The molecule has 0 radical (unpaired) electrons. The highest BCUT2D eigenvalue weighted by atomic mass is 32.2. The fraction of sp³-hybridized carbons (Fsp3) is 0.462. The molecule has 7 heteroatoms. The van der Waals surface area contributed by atoms with Crippen LogP contribution >= 0.6 is 23.1 Å². The monoisotopic (exact) mass is 310 g/mol. The van der Waals surface area contributed by atoms with Crippen LogP contribution in [0, 0.1) is 12.8 Å². The fourth-order valence-electron chi connectivity index (χ4n) is 2.26. The summed E-state index contributed by atoms with van der Waals surface area (Å²) in [6.45, 7) is 3.48. The van der Waals surface area contributed by atoms with Gasteiger partial charge in [-0.1, -0.05) is 0 Å². The van der Waals surface area contributed by atoms with E-state index in [1.807, 2.05) is 6.92 Å². The first kappa shape index (κ1) is 13.8. The maximum absolute atomic E-state index is 11.2. The van der Waals surface area contributed by atoms with Crippen LogP contribution in [-0.4, -0.2) is 40.0 Å². The average molecular weight is 310 g/mol. The second kappa shape index (κ2) is 5.67. The van der Waals surface area contributed by atoms with E-state index in [2.05, 4.69) is 9.97 Å². The molecular formula is C13H14N2O3S2. The SMILES string of the molecule is Cc1c(C(=O)O)sc2ncnc(SCC3CCOC3)c12. The highest BCUT2D eigenvalue weighted by Crippen LogP contribution is 2.36. The van der Waals surface area contributed by atoms with Crippen molar-refractivity contribution in [1.29, 1.82) is 0 Å². The largest absolute Gasteiger partial charge is 0.477 e. The van der Waals surface area contributed by atoms with Crippen molar-refractivity contribution in [2.75, 3.05) is 19.0 Å². The fourth-order valence-corrected chi connectivity index (χ4v) is 4.49. The molecule has 0 bridgehead atoms. The van der Waals surface area contributed by atoms with E-state index in [4.69, 9.17) is 4.74 Å². The lowest BCUT2D eigenvalue weighted by Gasteiger charge is -2.07. The van der Waals surface area contributed by atoms with Crippen LogP contribution in [0.2, 0.25) is 0 Å². The van der Waals surface area contributed by atoms with Gasteiger partial charge in [0.25, 0.3) is 0 Å². The summed E-state index contributed by atoms with van der Waals surface area (Å²) in [5.74, 6) is 0.609. The molecule has 1 saturated heterocycles. The number of aromatic carboxylic acids is 1. The van der Waals surface area contributed by atoms with Gasteiger partial charge in [0.2, 0.25) is 0 Å². The molecule has 2 aromatic heterocycles. The number of nitrogens with zero attached hydrogens (tertiary/aromatic N) is 2. The van der Waals surface area contributed by atoms with Crippen LogP contribution in [0.25, 0.3) is 10.2 Å². The van der Waals surface area contributed by atoms with Gasteiger partial charge in [-0.2, -0.15) is 0 Å². The van der Waals surface area contributed by atoms with Crippen molar-refractivity contribution in [3.63, 3.8) is 0 Å². The van der Waals surface area contributed by atoms with Gasteiger partial charge in [0.15, 0.2) is 0 Å². The number of hydrogen-bond acceptors (Lipinski definition) is 6. The van der Waals surface area contributed by atoms with E-state index in [1.54, 1.807) is 11.8 Å². The Morgan fingerprint density at radius 1 is 1.60 bits per heavy atom. The molecule has 0 spiro atoms. The minimum Gasteiger partial charge on any atom is -0.477 e. The lowest BCUT2D eigenvalue weighted by Crippen LogP contribution is -2.02. The highest BCUT2D eigenvalue weighted by Gasteiger charge is 2.21. The summed E-state index contributed by atoms with van der Waals surface area (Å²) in [5, 5.41) is 11.0. The van der Waals surface area contributed by atoms with Crippen LogP contribution in [-0.2, 0) is 4.74 Å². The molecule has 1 N–H and O–H groups in total. The summed E-state index contributed by atoms with van der Waals surface area (Å²) >= 11 is 2.88. The van der Waals surface area contributed by atoms with E-state index in [0.29, 0.717) is 10.8 Å². The molecule has 1 aliphatic rings. The van der Waals surface area contributed by atoms with Crippen LogP contribution in [0.1, 0.15) is 21.7 Å². The third-order valence-corrected chi connectivity index (χ3v) is 5.77. The van der Waals surface area contributed by atoms with E-state index < -0.39 is 5.97 Å². The number of ether oxygens (including phenoxy) is 1. The standard InChI is InChI=1S/C13H14N2O3S2/c1-7-9-11(19-5-8-2-3-18-4-8)14-6-15-12(9)20-10(7)13(16)17/h6,8H,2-5H2,1H3,(H,16,17). The van der Waals surface area contributed by atoms with E-state index in [1.165, 1.54) is 17.7 Å². The predicted molar refractivity (Wildman–Crippen MR) is 78.8 cm³/mol. The Labute approximate surface area is 124 Å². The lowest BCUT2D eigenvalue weighted by atomic mass is 10.2. The zero-order valence-electron chi connectivity index (χ0n) is 11.0. The first-order valence-electron chi connectivity index (χ1n) is 6.34. The Morgan fingerprint density at radius 3 is 3.15 bits per heavy atom. The van der Waals surface area contributed by atoms with Crippen LogP contribution < -0.4 is 0 Å². The number of fused-ring (bicyclic) bond motifs is 1. The van der Waals surface area contributed by atoms with Crippen molar-refractivity contribution >= 4 is 39.3 Å². The number of rotatable bonds is 4. The lowest BCUT2D eigenvalue weighted by molar-refractivity contribution is 0.0701. The average Bonchev–Trinajstić information content (AvgIpc) is 3.05. The summed E-state index contributed by atoms with van der Waals surface area (Å²) in [7, 11) is 0. The molecule has 0 saturated carbocycles. The molecule has 1 atom stereocenters. The van der Waals surface area contributed by atoms with Gasteiger partial charge >= 0.3 is 5.97 Å². The molecule has 3 heterocycles. The Kier molecular flexibility index (Phi) is 3.91. The zero-order chi connectivity index (χ0) is 14.1. The minimum atomic E-state index is -0.898. The molecular weight excluding hydrogens is 296 g/mol. The molecule has 2 aromatic rings. The Hall–Kier alpha value is -1.18. The van der Waals surface area contributed by atoms with E-state index in [9.17, 15) is 9.90 Å². The number of carboxylic acid groups (broad SMARTS) is 1. The smallest absolute Gasteiger partial charge is 0.346 e. The summed E-state index contributed by atoms with van der Waals surface area (Å²) < 4.78 is 5.37. The first-order chi connectivity index (χ1) is 9.66. The maximum atomic E-state index is 11.2. The highest BCUT2D eigenvalue weighted by molar-refractivity contribution is 7.99. The van der Waals surface area contributed by atoms with Crippen LogP contribution in [0.3, 0.4) is 0 Å². The topological polar surface area (TPSA) is 72.3 Å². The van der Waals surface area contributed by atoms with E-state index in [0.717, 1.165) is 46.2 Å². The normalized spacial score (nSPS) is 18.8. The zero-order valence-corrected chi connectivity index (χ0v) is 12.6. The second-order valence-corrected chi connectivity index (χ2v) is 6.77. The van der Waals surface area contributed by atoms with E-state index in [-0.39, 0.29) is 0 Å². The van der Waals surface area contributed by atoms with Gasteiger partial charge in [-0.3, -0.25) is 0 Å². The van der Waals surface area contributed by atoms with Crippen molar-refractivity contribution in [2.24, 2.45) is 5.92 Å². The van der Waals surface area contributed by atoms with Gasteiger partial charge in [-0.25, -0.2) is 14.8 Å². The third kappa shape index (κ3) is 2.53. The molecule has 0 amide bonds. The van der Waals surface area contributed by atoms with Gasteiger partial charge in [0, 0.05) is 17.7 Å². The van der Waals surface area contributed by atoms with Crippen molar-refractivity contribution in [3.8, 4) is 0 Å². The first-order valence-corrected chi connectivity index (χ1v) is 8.15. The number of hydrogen-bond donors (Lipinski definition) is 1. The Morgan fingerprint density at radius 2 is 2.45 bits per heavy atom. The van der Waals surface area contributed by atoms with Gasteiger partial charge in [0.05, 0.1) is 6.61 Å². The summed E-state index contributed by atoms with van der Waals surface area (Å²) in [6.07, 6.45) is 2.60. The van der Waals surface area contributed by atoms with Crippen molar-refractivity contribution in [1.82, 2.24) is 9.97 Å². The number of aryl methyl sites for hydroxylation is 1. The molecule has 0 aliphatic carbocycles. The van der Waals surface area contributed by atoms with Crippen molar-refractivity contribution in [2.45, 2.75) is 18.4 Å². The second-order valence-electron chi connectivity index (χ2n) is 4.76. The molecule has 106 valence electrons. The Bertz CT molecular complexity index is 650. The van der Waals surface area contributed by atoms with Crippen LogP contribution in [0.4, 0.5) is 0 Å². The van der Waals surface area contributed by atoms with Gasteiger partial charge in [0.1, 0.15) is 21.1 Å². The Balaban J connectivity index is 1.91. The third-order valence-electron chi connectivity index (χ3n) is 3.37. The molecule has 0 aromatic carbocycles. The number of aromatic nitrogens is 2. The molecule has 1 unspecified atom stereocenters. The number of carboxylic acids is 1. The van der Waals surface area contributed by atoms with Gasteiger partial charge in [-0.15, -0.1) is 23.1 Å². The predicted octanol–water partition coefficient (Wildman–Crippen LogP) is 2.83. The summed E-state index contributed by atoms with van der Waals surface area (Å²) in [4.78, 5) is 20.8. The van der Waals surface area contributed by atoms with Gasteiger partial charge < -0.3 is 9.84 Å². The molecule has 1 fully saturated rings. The van der Waals surface area contributed by atoms with Crippen molar-refractivity contribution in [3.05, 3.63) is 16.8 Å². The van der Waals surface area contributed by atoms with Gasteiger partial charge in [-0.05, 0) is 24.8 Å². The number of carbonyl (C=O) groups is 1. The van der Waals surface area contributed by atoms with E-state index >= 15 is 0 Å². The molecule has 1 aliphatic heterocycles. The summed E-state index contributed by atoms with van der Waals surface area (Å²) in [5.41, 5.74) is 0.767.